The van der Waals surface area contributed by atoms with E-state index in [1.54, 1.807) is 0 Å². The number of rotatable bonds is 4. The highest BCUT2D eigenvalue weighted by molar-refractivity contribution is 6.33. The lowest BCUT2D eigenvalue weighted by molar-refractivity contribution is 0.187. The van der Waals surface area contributed by atoms with E-state index in [9.17, 15) is 0 Å². The number of H-pyrrole nitrogens is 1. The lowest BCUT2D eigenvalue weighted by atomic mass is 9.73. The van der Waals surface area contributed by atoms with Crippen molar-refractivity contribution in [1.29, 1.82) is 0 Å². The number of nitrogens with zero attached hydrogens (tertiary/aromatic N) is 6. The number of halogens is 1. The number of hydrogen-bond acceptors (Lipinski definition) is 7. The van der Waals surface area contributed by atoms with E-state index in [2.05, 4.69) is 49.0 Å². The molecule has 1 aromatic carbocycles. The third-order valence-corrected chi connectivity index (χ3v) is 9.29. The fourth-order valence-corrected chi connectivity index (χ4v) is 6.95. The van der Waals surface area contributed by atoms with Crippen molar-refractivity contribution in [1.82, 2.24) is 24.9 Å². The molecule has 8 nitrogen and oxygen atoms in total. The molecular weight excluding hydrogens is 496 g/mol. The minimum Gasteiger partial charge on any atom is -0.355 e. The van der Waals surface area contributed by atoms with Gasteiger partial charge in [-0.25, -0.2) is 15.0 Å². The van der Waals surface area contributed by atoms with Gasteiger partial charge in [0.05, 0.1) is 16.9 Å². The second kappa shape index (κ2) is 9.50. The Hall–Kier alpha value is -3.23. The largest absolute Gasteiger partial charge is 0.355 e. The number of fused-ring (bicyclic) bond motifs is 2. The fourth-order valence-electron chi connectivity index (χ4n) is 6.65. The molecule has 0 radical (unpaired) electrons. The molecule has 7 rings (SSSR count). The number of aromatic amines is 1. The Labute approximate surface area is 227 Å². The van der Waals surface area contributed by atoms with Crippen molar-refractivity contribution in [2.24, 2.45) is 11.1 Å². The maximum atomic E-state index is 6.82. The topological polar surface area (TPSA) is 99.8 Å². The Morgan fingerprint density at radius 1 is 0.974 bits per heavy atom. The molecule has 2 fully saturated rings. The zero-order valence-corrected chi connectivity index (χ0v) is 22.3. The van der Waals surface area contributed by atoms with Crippen molar-refractivity contribution in [2.75, 3.05) is 36.0 Å². The number of piperidine rings is 2. The zero-order chi connectivity index (χ0) is 25.7. The van der Waals surface area contributed by atoms with Crippen LogP contribution in [0.25, 0.3) is 11.3 Å². The Morgan fingerprint density at radius 3 is 2.61 bits per heavy atom. The first kappa shape index (κ1) is 23.9. The highest BCUT2D eigenvalue weighted by Gasteiger charge is 2.46. The summed E-state index contributed by atoms with van der Waals surface area (Å²) < 4.78 is 0. The van der Waals surface area contributed by atoms with Crippen molar-refractivity contribution in [3.05, 3.63) is 70.1 Å². The van der Waals surface area contributed by atoms with E-state index in [-0.39, 0.29) is 11.5 Å². The standard InChI is InChI=1S/C29H33ClN8/c30-23-19(8-11-32-27(23)37-12-4-1-5-13-37)16-21-18-33-25-26(34-21)36-28(35-25)38-14-9-29(10-15-38)17-20-6-2-3-7-22(20)24(29)31/h2-3,6-8,11,18,24H,1,4-5,9-10,12-17,31H2,(H,33,34,35,36)/t24-/m1/s1. The average Bonchev–Trinajstić information content (AvgIpc) is 3.49. The van der Waals surface area contributed by atoms with Gasteiger partial charge in [-0.15, -0.1) is 0 Å². The molecule has 0 bridgehead atoms. The van der Waals surface area contributed by atoms with Crippen molar-refractivity contribution < 1.29 is 0 Å². The molecule has 3 aliphatic rings. The van der Waals surface area contributed by atoms with Gasteiger partial charge < -0.3 is 20.5 Å². The Kier molecular flexibility index (Phi) is 5.97. The Balaban J connectivity index is 1.07. The molecule has 0 saturated carbocycles. The van der Waals surface area contributed by atoms with Crippen molar-refractivity contribution in [2.45, 2.75) is 51.0 Å². The summed E-state index contributed by atoms with van der Waals surface area (Å²) in [5, 5.41) is 0.719. The van der Waals surface area contributed by atoms with Gasteiger partial charge >= 0.3 is 0 Å². The number of nitrogens with two attached hydrogens (primary N) is 1. The van der Waals surface area contributed by atoms with Gasteiger partial charge in [-0.1, -0.05) is 35.9 Å². The number of pyridine rings is 1. The summed E-state index contributed by atoms with van der Waals surface area (Å²) >= 11 is 6.82. The van der Waals surface area contributed by atoms with Gasteiger partial charge in [0.25, 0.3) is 0 Å². The third-order valence-electron chi connectivity index (χ3n) is 8.87. The van der Waals surface area contributed by atoms with Crippen LogP contribution in [0.4, 0.5) is 11.8 Å². The minimum atomic E-state index is 0.109. The van der Waals surface area contributed by atoms with E-state index in [1.807, 2.05) is 18.5 Å². The number of nitrogens with one attached hydrogen (secondary N) is 1. The molecule has 3 aromatic heterocycles. The summed E-state index contributed by atoms with van der Waals surface area (Å²) in [5.74, 6) is 1.72. The fraction of sp³-hybridized carbons (Fsp3) is 0.448. The van der Waals surface area contributed by atoms with Gasteiger partial charge in [-0.05, 0) is 66.7 Å². The summed E-state index contributed by atoms with van der Waals surface area (Å²) in [6.45, 7) is 3.85. The monoisotopic (exact) mass is 528 g/mol. The molecule has 4 aromatic rings. The van der Waals surface area contributed by atoms with E-state index in [0.29, 0.717) is 17.7 Å². The molecule has 38 heavy (non-hydrogen) atoms. The third kappa shape index (κ3) is 4.10. The first-order valence-corrected chi connectivity index (χ1v) is 14.2. The first-order chi connectivity index (χ1) is 18.6. The summed E-state index contributed by atoms with van der Waals surface area (Å²) in [6, 6.07) is 10.7. The van der Waals surface area contributed by atoms with Crippen LogP contribution in [0.15, 0.2) is 42.7 Å². The van der Waals surface area contributed by atoms with Gasteiger partial charge in [0.2, 0.25) is 5.95 Å². The highest BCUT2D eigenvalue weighted by atomic mass is 35.5. The summed E-state index contributed by atoms with van der Waals surface area (Å²) in [4.78, 5) is 26.9. The normalized spacial score (nSPS) is 20.8. The van der Waals surface area contributed by atoms with Crippen LogP contribution >= 0.6 is 11.6 Å². The second-order valence-corrected chi connectivity index (χ2v) is 11.5. The van der Waals surface area contributed by atoms with Gasteiger partial charge in [-0.2, -0.15) is 4.98 Å². The number of benzene rings is 1. The zero-order valence-electron chi connectivity index (χ0n) is 21.5. The number of anilines is 2. The lowest BCUT2D eigenvalue weighted by Gasteiger charge is -2.42. The van der Waals surface area contributed by atoms with Crippen molar-refractivity contribution in [3.63, 3.8) is 0 Å². The molecule has 0 amide bonds. The maximum absolute atomic E-state index is 6.82. The van der Waals surface area contributed by atoms with Crippen molar-refractivity contribution >= 4 is 34.7 Å². The highest BCUT2D eigenvalue weighted by Crippen LogP contribution is 2.50. The summed E-state index contributed by atoms with van der Waals surface area (Å²) in [6.07, 6.45) is 11.1. The molecule has 1 aliphatic carbocycles. The molecule has 2 saturated heterocycles. The average molecular weight is 529 g/mol. The second-order valence-electron chi connectivity index (χ2n) is 11.1. The van der Waals surface area contributed by atoms with Crippen LogP contribution in [0.2, 0.25) is 5.02 Å². The summed E-state index contributed by atoms with van der Waals surface area (Å²) in [7, 11) is 0. The molecule has 2 aliphatic heterocycles. The predicted octanol–water partition coefficient (Wildman–Crippen LogP) is 4.83. The van der Waals surface area contributed by atoms with Gasteiger partial charge in [0.15, 0.2) is 11.3 Å². The number of aromatic nitrogens is 5. The minimum absolute atomic E-state index is 0.109. The SMILES string of the molecule is N[C@@H]1c2ccccc2CC12CCN(c1nc3ncc(Cc4ccnc(N5CCCCC5)c4Cl)nc3[nH]1)CC2. The first-order valence-electron chi connectivity index (χ1n) is 13.8. The Morgan fingerprint density at radius 2 is 1.79 bits per heavy atom. The number of imidazole rings is 1. The van der Waals surface area contributed by atoms with Crippen LogP contribution in [-0.4, -0.2) is 51.1 Å². The van der Waals surface area contributed by atoms with E-state index in [0.717, 1.165) is 73.5 Å². The molecule has 196 valence electrons. The van der Waals surface area contributed by atoms with Gasteiger partial charge in [0, 0.05) is 44.8 Å². The van der Waals surface area contributed by atoms with E-state index >= 15 is 0 Å². The van der Waals surface area contributed by atoms with Crippen LogP contribution in [0, 0.1) is 5.41 Å². The maximum Gasteiger partial charge on any atom is 0.206 e. The number of hydrogen-bond donors (Lipinski definition) is 2. The lowest BCUT2D eigenvalue weighted by Crippen LogP contribution is -2.44. The molecular formula is C29H33ClN8. The smallest absolute Gasteiger partial charge is 0.206 e. The predicted molar refractivity (Wildman–Crippen MR) is 151 cm³/mol. The van der Waals surface area contributed by atoms with Gasteiger partial charge in [-0.3, -0.25) is 0 Å². The van der Waals surface area contributed by atoms with Crippen LogP contribution in [-0.2, 0) is 12.8 Å². The Bertz CT molecular complexity index is 1470. The van der Waals surface area contributed by atoms with Crippen LogP contribution < -0.4 is 15.5 Å². The molecule has 3 N–H and O–H groups in total. The van der Waals surface area contributed by atoms with Crippen molar-refractivity contribution in [3.8, 4) is 0 Å². The van der Waals surface area contributed by atoms with E-state index < -0.39 is 0 Å². The quantitative estimate of drug-likeness (QED) is 0.391. The van der Waals surface area contributed by atoms with Crippen LogP contribution in [0.5, 0.6) is 0 Å². The molecule has 1 atom stereocenters. The molecule has 0 unspecified atom stereocenters. The van der Waals surface area contributed by atoms with Crippen LogP contribution in [0.1, 0.15) is 60.5 Å². The van der Waals surface area contributed by atoms with E-state index in [4.69, 9.17) is 27.3 Å². The summed E-state index contributed by atoms with van der Waals surface area (Å²) in [5.41, 5.74) is 12.9. The van der Waals surface area contributed by atoms with Gasteiger partial charge in [0.1, 0.15) is 5.82 Å². The molecule has 1 spiro atoms. The van der Waals surface area contributed by atoms with Crippen LogP contribution in [0.3, 0.4) is 0 Å². The van der Waals surface area contributed by atoms with E-state index in [1.165, 1.54) is 30.4 Å². The molecule has 9 heteroatoms. The molecule has 5 heterocycles.